The minimum absolute atomic E-state index is 0.0668. The summed E-state index contributed by atoms with van der Waals surface area (Å²) < 4.78 is 0.998. The van der Waals surface area contributed by atoms with Crippen molar-refractivity contribution in [3.8, 4) is 0 Å². The van der Waals surface area contributed by atoms with Gasteiger partial charge in [-0.15, -0.1) is 0 Å². The molecule has 0 aromatic heterocycles. The van der Waals surface area contributed by atoms with Crippen molar-refractivity contribution in [1.82, 2.24) is 10.2 Å². The molecule has 3 N–H and O–H groups in total. The summed E-state index contributed by atoms with van der Waals surface area (Å²) in [5, 5.41) is 2.44. The summed E-state index contributed by atoms with van der Waals surface area (Å²) in [6.07, 6.45) is 1.90. The van der Waals surface area contributed by atoms with Crippen molar-refractivity contribution in [3.05, 3.63) is 34.3 Å². The van der Waals surface area contributed by atoms with Crippen LogP contribution >= 0.6 is 15.9 Å². The summed E-state index contributed by atoms with van der Waals surface area (Å²) >= 11 is 3.45. The van der Waals surface area contributed by atoms with E-state index in [1.807, 2.05) is 29.2 Å². The Morgan fingerprint density at radius 1 is 1.50 bits per heavy atom. The third-order valence-electron chi connectivity index (χ3n) is 3.50. The normalized spacial score (nSPS) is 19.7. The molecule has 0 radical (unpaired) electrons. The Morgan fingerprint density at radius 3 is 2.90 bits per heavy atom. The smallest absolute Gasteiger partial charge is 0.312 e. The number of carbonyl (C=O) groups is 2. The van der Waals surface area contributed by atoms with Crippen LogP contribution in [0.1, 0.15) is 31.4 Å². The van der Waals surface area contributed by atoms with Crippen molar-refractivity contribution in [3.63, 3.8) is 0 Å². The molecule has 2 atom stereocenters. The van der Waals surface area contributed by atoms with Gasteiger partial charge in [0.25, 0.3) is 0 Å². The number of nitrogens with one attached hydrogen (secondary N) is 1. The first-order valence-electron chi connectivity index (χ1n) is 6.61. The van der Waals surface area contributed by atoms with Crippen LogP contribution in [0, 0.1) is 0 Å². The second kappa shape index (κ2) is 6.26. The molecule has 20 heavy (non-hydrogen) atoms. The van der Waals surface area contributed by atoms with E-state index in [1.165, 1.54) is 0 Å². The molecule has 2 rings (SSSR count). The van der Waals surface area contributed by atoms with Gasteiger partial charge in [-0.2, -0.15) is 0 Å². The van der Waals surface area contributed by atoms with Gasteiger partial charge in [0.1, 0.15) is 6.04 Å². The second-order valence-corrected chi connectivity index (χ2v) is 5.89. The van der Waals surface area contributed by atoms with Gasteiger partial charge in [-0.3, -0.25) is 4.79 Å². The van der Waals surface area contributed by atoms with Crippen molar-refractivity contribution >= 4 is 27.9 Å². The zero-order valence-corrected chi connectivity index (χ0v) is 12.9. The van der Waals surface area contributed by atoms with Crippen molar-refractivity contribution in [2.75, 3.05) is 6.54 Å². The Kier molecular flexibility index (Phi) is 4.65. The molecule has 1 aliphatic rings. The van der Waals surface area contributed by atoms with Crippen LogP contribution in [0.15, 0.2) is 28.7 Å². The Bertz CT molecular complexity index is 521. The molecule has 0 bridgehead atoms. The van der Waals surface area contributed by atoms with Crippen LogP contribution in [0.25, 0.3) is 0 Å². The molecule has 2 unspecified atom stereocenters. The number of amides is 3. The van der Waals surface area contributed by atoms with E-state index in [0.29, 0.717) is 6.54 Å². The monoisotopic (exact) mass is 339 g/mol. The van der Waals surface area contributed by atoms with E-state index >= 15 is 0 Å². The molecule has 0 aliphatic carbocycles. The number of primary amides is 1. The number of hydrogen-bond acceptors (Lipinski definition) is 2. The lowest BCUT2D eigenvalue weighted by molar-refractivity contribution is -0.133. The van der Waals surface area contributed by atoms with E-state index in [0.717, 1.165) is 22.9 Å². The minimum Gasteiger partial charge on any atom is -0.352 e. The highest BCUT2D eigenvalue weighted by atomic mass is 79.9. The summed E-state index contributed by atoms with van der Waals surface area (Å²) in [5.41, 5.74) is 6.18. The summed E-state index contributed by atoms with van der Waals surface area (Å²) in [5.74, 6) is -0.0914. The maximum Gasteiger partial charge on any atom is 0.312 e. The molecule has 108 valence electrons. The lowest BCUT2D eigenvalue weighted by Crippen LogP contribution is -2.48. The van der Waals surface area contributed by atoms with Crippen LogP contribution in [0.4, 0.5) is 4.79 Å². The predicted octanol–water partition coefficient (Wildman–Crippen LogP) is 2.17. The molecule has 3 amide bonds. The van der Waals surface area contributed by atoms with Crippen LogP contribution in [0.5, 0.6) is 0 Å². The number of rotatable bonds is 3. The van der Waals surface area contributed by atoms with E-state index < -0.39 is 12.1 Å². The predicted molar refractivity (Wildman–Crippen MR) is 80.0 cm³/mol. The van der Waals surface area contributed by atoms with E-state index in [1.54, 1.807) is 6.92 Å². The topological polar surface area (TPSA) is 75.4 Å². The van der Waals surface area contributed by atoms with Crippen LogP contribution in [-0.4, -0.2) is 29.4 Å². The number of halogens is 1. The highest BCUT2D eigenvalue weighted by Crippen LogP contribution is 2.33. The van der Waals surface area contributed by atoms with E-state index in [2.05, 4.69) is 21.2 Å². The molecule has 0 spiro atoms. The van der Waals surface area contributed by atoms with Gasteiger partial charge in [-0.05, 0) is 37.5 Å². The molecule has 6 heteroatoms. The van der Waals surface area contributed by atoms with Gasteiger partial charge in [-0.25, -0.2) is 4.79 Å². The molecule has 5 nitrogen and oxygen atoms in total. The number of hydrogen-bond donors (Lipinski definition) is 2. The average molecular weight is 340 g/mol. The largest absolute Gasteiger partial charge is 0.352 e. The maximum atomic E-state index is 12.4. The fourth-order valence-electron chi connectivity index (χ4n) is 2.61. The molecule has 1 aromatic carbocycles. The molecular formula is C14H18BrN3O2. The Hall–Kier alpha value is -1.56. The number of nitrogens with zero attached hydrogens (tertiary/aromatic N) is 1. The molecule has 1 saturated heterocycles. The van der Waals surface area contributed by atoms with Gasteiger partial charge >= 0.3 is 6.03 Å². The molecule has 1 aliphatic heterocycles. The Morgan fingerprint density at radius 2 is 2.25 bits per heavy atom. The van der Waals surface area contributed by atoms with Gasteiger partial charge in [-0.1, -0.05) is 28.1 Å². The summed E-state index contributed by atoms with van der Waals surface area (Å²) in [7, 11) is 0. The highest BCUT2D eigenvalue weighted by molar-refractivity contribution is 9.10. The van der Waals surface area contributed by atoms with Crippen LogP contribution < -0.4 is 11.1 Å². The van der Waals surface area contributed by atoms with Crippen LogP contribution in [0.2, 0.25) is 0 Å². The fraction of sp³-hybridized carbons (Fsp3) is 0.429. The third kappa shape index (κ3) is 3.30. The first-order valence-corrected chi connectivity index (χ1v) is 7.40. The van der Waals surface area contributed by atoms with Crippen molar-refractivity contribution in [2.45, 2.75) is 31.8 Å². The number of benzene rings is 1. The van der Waals surface area contributed by atoms with Gasteiger partial charge in [0.2, 0.25) is 5.91 Å². The molecule has 1 aromatic rings. The van der Waals surface area contributed by atoms with Crippen molar-refractivity contribution in [1.29, 1.82) is 0 Å². The van der Waals surface area contributed by atoms with Gasteiger partial charge in [0, 0.05) is 11.0 Å². The van der Waals surface area contributed by atoms with Crippen LogP contribution in [0.3, 0.4) is 0 Å². The van der Waals surface area contributed by atoms with Gasteiger partial charge < -0.3 is 16.0 Å². The first kappa shape index (κ1) is 14.8. The third-order valence-corrected chi connectivity index (χ3v) is 3.99. The second-order valence-electron chi connectivity index (χ2n) is 4.97. The maximum absolute atomic E-state index is 12.4. The number of likely N-dealkylation sites (tertiary alicyclic amines) is 1. The standard InChI is InChI=1S/C14H18BrN3O2/c1-9(17-14(16)20)13(19)18-7-3-6-12(18)10-4-2-5-11(15)8-10/h2,4-5,8-9,12H,3,6-7H2,1H3,(H3,16,17,20). The Labute approximate surface area is 126 Å². The summed E-state index contributed by atoms with van der Waals surface area (Å²) in [6, 6.07) is 6.77. The lowest BCUT2D eigenvalue weighted by atomic mass is 10.0. The number of urea groups is 1. The molecule has 1 heterocycles. The van der Waals surface area contributed by atoms with E-state index in [4.69, 9.17) is 5.73 Å². The number of nitrogens with two attached hydrogens (primary N) is 1. The Balaban J connectivity index is 2.15. The number of carbonyl (C=O) groups excluding carboxylic acids is 2. The van der Waals surface area contributed by atoms with Gasteiger partial charge in [0.05, 0.1) is 6.04 Å². The van der Waals surface area contributed by atoms with Crippen molar-refractivity contribution in [2.24, 2.45) is 5.73 Å². The molecule has 0 saturated carbocycles. The van der Waals surface area contributed by atoms with Crippen molar-refractivity contribution < 1.29 is 9.59 Å². The molecule has 1 fully saturated rings. The average Bonchev–Trinajstić information content (AvgIpc) is 2.86. The van der Waals surface area contributed by atoms with E-state index in [-0.39, 0.29) is 11.9 Å². The lowest BCUT2D eigenvalue weighted by Gasteiger charge is -2.28. The first-order chi connectivity index (χ1) is 9.49. The summed E-state index contributed by atoms with van der Waals surface area (Å²) in [4.78, 5) is 25.1. The van der Waals surface area contributed by atoms with E-state index in [9.17, 15) is 9.59 Å². The molecular weight excluding hydrogens is 322 g/mol. The van der Waals surface area contributed by atoms with Crippen LogP contribution in [-0.2, 0) is 4.79 Å². The summed E-state index contributed by atoms with van der Waals surface area (Å²) in [6.45, 7) is 2.37. The van der Waals surface area contributed by atoms with Gasteiger partial charge in [0.15, 0.2) is 0 Å². The minimum atomic E-state index is -0.677. The quantitative estimate of drug-likeness (QED) is 0.885. The zero-order chi connectivity index (χ0) is 14.7. The SMILES string of the molecule is CC(NC(N)=O)C(=O)N1CCCC1c1cccc(Br)c1. The fourth-order valence-corrected chi connectivity index (χ4v) is 3.03. The zero-order valence-electron chi connectivity index (χ0n) is 11.3. The highest BCUT2D eigenvalue weighted by Gasteiger charge is 2.32.